The van der Waals surface area contributed by atoms with Crippen LogP contribution in [-0.4, -0.2) is 14.3 Å². The second kappa shape index (κ2) is 9.48. The van der Waals surface area contributed by atoms with Crippen molar-refractivity contribution in [2.24, 2.45) is 5.73 Å². The molecule has 8 heteroatoms. The summed E-state index contributed by atoms with van der Waals surface area (Å²) in [7, 11) is -4.02. The maximum absolute atomic E-state index is 12.5. The molecule has 0 aliphatic heterocycles. The zero-order valence-electron chi connectivity index (χ0n) is 18.1. The normalized spacial score (nSPS) is 13.1. The van der Waals surface area contributed by atoms with Gasteiger partial charge in [-0.15, -0.1) is 4.28 Å². The topological polar surface area (TPSA) is 108 Å². The van der Waals surface area contributed by atoms with Gasteiger partial charge in [0.15, 0.2) is 0 Å². The fraction of sp³-hybridized carbons (Fsp3) is 0.160. The van der Waals surface area contributed by atoms with Crippen LogP contribution in [0.25, 0.3) is 5.70 Å². The maximum Gasteiger partial charge on any atom is 0.317 e. The standard InChI is InChI=1S/C25H24N2O5S/c1-17-10-12-19(13-11-17)33(29,30)32-27-22-9-5-8-21-20(22)14-15-23(24(21)25(26)28)31-16-18-6-3-2-4-7-18/h2-4,6-7,9-15,27H,5,8,16H2,1H3,(H2,26,28). The summed E-state index contributed by atoms with van der Waals surface area (Å²) >= 11 is 0. The van der Waals surface area contributed by atoms with E-state index in [4.69, 9.17) is 14.8 Å². The number of hydroxylamine groups is 1. The quantitative estimate of drug-likeness (QED) is 0.490. The first-order chi connectivity index (χ1) is 15.8. The SMILES string of the molecule is Cc1ccc(S(=O)(=O)ONC2=CCCc3c2ccc(OCc2ccccc2)c3C(N)=O)cc1. The third-order valence-electron chi connectivity index (χ3n) is 5.36. The maximum atomic E-state index is 12.5. The highest BCUT2D eigenvalue weighted by atomic mass is 32.2. The fourth-order valence-corrected chi connectivity index (χ4v) is 4.45. The van der Waals surface area contributed by atoms with Crippen LogP contribution in [0, 0.1) is 6.92 Å². The van der Waals surface area contributed by atoms with Crippen LogP contribution in [0.2, 0.25) is 0 Å². The van der Waals surface area contributed by atoms with Crippen molar-refractivity contribution in [1.82, 2.24) is 5.48 Å². The van der Waals surface area contributed by atoms with Crippen LogP contribution in [0.3, 0.4) is 0 Å². The van der Waals surface area contributed by atoms with Crippen molar-refractivity contribution >= 4 is 21.7 Å². The Morgan fingerprint density at radius 2 is 1.76 bits per heavy atom. The molecule has 0 atom stereocenters. The lowest BCUT2D eigenvalue weighted by atomic mass is 9.90. The van der Waals surface area contributed by atoms with Gasteiger partial charge in [-0.1, -0.05) is 54.1 Å². The summed E-state index contributed by atoms with van der Waals surface area (Å²) in [6, 6.07) is 19.4. The van der Waals surface area contributed by atoms with Gasteiger partial charge in [-0.3, -0.25) is 4.79 Å². The van der Waals surface area contributed by atoms with Gasteiger partial charge in [-0.05, 0) is 55.2 Å². The largest absolute Gasteiger partial charge is 0.488 e. The smallest absolute Gasteiger partial charge is 0.317 e. The molecule has 1 aliphatic carbocycles. The van der Waals surface area contributed by atoms with Crippen LogP contribution in [0.4, 0.5) is 0 Å². The molecule has 0 saturated carbocycles. The first-order valence-corrected chi connectivity index (χ1v) is 11.8. The van der Waals surface area contributed by atoms with Crippen LogP contribution in [0.15, 0.2) is 77.7 Å². The number of carbonyl (C=O) groups is 1. The number of benzene rings is 3. The number of hydrogen-bond acceptors (Lipinski definition) is 6. The van der Waals surface area contributed by atoms with Crippen LogP contribution in [-0.2, 0) is 27.4 Å². The van der Waals surface area contributed by atoms with Crippen molar-refractivity contribution in [2.45, 2.75) is 31.3 Å². The van der Waals surface area contributed by atoms with Crippen molar-refractivity contribution in [3.63, 3.8) is 0 Å². The minimum Gasteiger partial charge on any atom is -0.488 e. The van der Waals surface area contributed by atoms with Crippen molar-refractivity contribution in [3.8, 4) is 5.75 Å². The van der Waals surface area contributed by atoms with Gasteiger partial charge in [-0.2, -0.15) is 8.42 Å². The number of rotatable bonds is 8. The minimum absolute atomic E-state index is 0.0414. The average Bonchev–Trinajstić information content (AvgIpc) is 2.81. The molecule has 0 radical (unpaired) electrons. The monoisotopic (exact) mass is 464 g/mol. The molecule has 3 aromatic rings. The summed E-state index contributed by atoms with van der Waals surface area (Å²) in [6.45, 7) is 2.16. The Bertz CT molecular complexity index is 1300. The van der Waals surface area contributed by atoms with Gasteiger partial charge in [0, 0.05) is 5.56 Å². The number of amides is 1. The molecule has 0 aromatic heterocycles. The zero-order valence-corrected chi connectivity index (χ0v) is 18.9. The van der Waals surface area contributed by atoms with Crippen LogP contribution in [0.5, 0.6) is 5.75 Å². The van der Waals surface area contributed by atoms with Gasteiger partial charge in [0.25, 0.3) is 5.91 Å². The Kier molecular flexibility index (Phi) is 6.48. The van der Waals surface area contributed by atoms with Gasteiger partial charge in [0.1, 0.15) is 12.4 Å². The van der Waals surface area contributed by atoms with Crippen molar-refractivity contribution in [3.05, 3.63) is 101 Å². The number of hydrogen-bond donors (Lipinski definition) is 2. The number of aryl methyl sites for hydroxylation is 1. The number of nitrogens with two attached hydrogens (primary N) is 1. The van der Waals surface area contributed by atoms with E-state index in [1.165, 1.54) is 12.1 Å². The predicted molar refractivity (Wildman–Crippen MR) is 125 cm³/mol. The van der Waals surface area contributed by atoms with E-state index in [1.54, 1.807) is 24.3 Å². The molecule has 0 fully saturated rings. The molecule has 0 heterocycles. The van der Waals surface area contributed by atoms with E-state index >= 15 is 0 Å². The molecule has 3 N–H and O–H groups in total. The highest BCUT2D eigenvalue weighted by Gasteiger charge is 2.24. The lowest BCUT2D eigenvalue weighted by molar-refractivity contribution is 0.0994. The van der Waals surface area contributed by atoms with E-state index in [2.05, 4.69) is 5.48 Å². The molecule has 3 aromatic carbocycles. The fourth-order valence-electron chi connectivity index (χ4n) is 3.68. The lowest BCUT2D eigenvalue weighted by Crippen LogP contribution is -2.23. The van der Waals surface area contributed by atoms with Gasteiger partial charge in [0.2, 0.25) is 0 Å². The van der Waals surface area contributed by atoms with Crippen molar-refractivity contribution in [1.29, 1.82) is 0 Å². The Morgan fingerprint density at radius 1 is 1.03 bits per heavy atom. The predicted octanol–water partition coefficient (Wildman–Crippen LogP) is 3.87. The number of fused-ring (bicyclic) bond motifs is 1. The number of ether oxygens (including phenoxy) is 1. The van der Waals surface area contributed by atoms with Gasteiger partial charge in [0.05, 0.1) is 16.2 Å². The lowest BCUT2D eigenvalue weighted by Gasteiger charge is -2.22. The highest BCUT2D eigenvalue weighted by Crippen LogP contribution is 2.33. The molecular weight excluding hydrogens is 440 g/mol. The van der Waals surface area contributed by atoms with Crippen LogP contribution in [0.1, 0.15) is 39.0 Å². The molecule has 0 unspecified atom stereocenters. The van der Waals surface area contributed by atoms with Gasteiger partial charge >= 0.3 is 10.1 Å². The Morgan fingerprint density at radius 3 is 2.45 bits per heavy atom. The van der Waals surface area contributed by atoms with Crippen LogP contribution < -0.4 is 16.0 Å². The molecule has 33 heavy (non-hydrogen) atoms. The number of carbonyl (C=O) groups excluding carboxylic acids is 1. The molecule has 0 saturated heterocycles. The van der Waals surface area contributed by atoms with Crippen molar-refractivity contribution < 1.29 is 22.2 Å². The summed E-state index contributed by atoms with van der Waals surface area (Å²) in [6.07, 6.45) is 2.96. The highest BCUT2D eigenvalue weighted by molar-refractivity contribution is 7.86. The number of nitrogens with one attached hydrogen (secondary N) is 1. The zero-order chi connectivity index (χ0) is 23.4. The molecule has 1 amide bonds. The third kappa shape index (κ3) is 5.08. The number of allylic oxidation sites excluding steroid dienone is 1. The second-order valence-corrected chi connectivity index (χ2v) is 9.26. The first kappa shape index (κ1) is 22.6. The van der Waals surface area contributed by atoms with Crippen LogP contribution >= 0.6 is 0 Å². The third-order valence-corrected chi connectivity index (χ3v) is 6.51. The van der Waals surface area contributed by atoms with E-state index < -0.39 is 16.0 Å². The van der Waals surface area contributed by atoms with Crippen molar-refractivity contribution in [2.75, 3.05) is 0 Å². The second-order valence-electron chi connectivity index (χ2n) is 7.71. The summed E-state index contributed by atoms with van der Waals surface area (Å²) in [5.41, 5.74) is 12.2. The van der Waals surface area contributed by atoms with Gasteiger partial charge in [-0.25, -0.2) is 5.48 Å². The molecule has 0 spiro atoms. The Labute approximate surface area is 192 Å². The molecular formula is C25H24N2O5S. The molecule has 0 bridgehead atoms. The minimum atomic E-state index is -4.02. The molecule has 4 rings (SSSR count). The van der Waals surface area contributed by atoms with E-state index in [9.17, 15) is 13.2 Å². The molecule has 1 aliphatic rings. The van der Waals surface area contributed by atoms with E-state index in [0.29, 0.717) is 42.0 Å². The van der Waals surface area contributed by atoms with E-state index in [-0.39, 0.29) is 10.5 Å². The first-order valence-electron chi connectivity index (χ1n) is 10.4. The average molecular weight is 465 g/mol. The number of primary amides is 1. The molecule has 7 nitrogen and oxygen atoms in total. The summed E-state index contributed by atoms with van der Waals surface area (Å²) in [5, 5.41) is 0. The Hall–Kier alpha value is -3.62. The molecule has 170 valence electrons. The summed E-state index contributed by atoms with van der Waals surface area (Å²) in [5.74, 6) is -0.219. The summed E-state index contributed by atoms with van der Waals surface area (Å²) < 4.78 is 36.1. The Balaban J connectivity index is 1.57. The van der Waals surface area contributed by atoms with E-state index in [1.807, 2.05) is 43.3 Å². The van der Waals surface area contributed by atoms with E-state index in [0.717, 1.165) is 11.1 Å². The summed E-state index contributed by atoms with van der Waals surface area (Å²) in [4.78, 5) is 12.4. The van der Waals surface area contributed by atoms with Gasteiger partial charge < -0.3 is 10.5 Å².